The molecule has 0 radical (unpaired) electrons. The molecule has 0 unspecified atom stereocenters. The van der Waals surface area contributed by atoms with Crippen LogP contribution in [-0.2, 0) is 9.59 Å². The Morgan fingerprint density at radius 2 is 1.86 bits per heavy atom. The monoisotopic (exact) mass is 205 g/mol. The number of amides is 1. The smallest absolute Gasteiger partial charge is 0.543 e. The number of nitrogens with zero attached hydrogens (tertiary/aromatic N) is 1. The van der Waals surface area contributed by atoms with Crippen LogP contribution in [0.2, 0.25) is 0 Å². The quantitative estimate of drug-likeness (QED) is 0.356. The maximum atomic E-state index is 11.2. The maximum absolute atomic E-state index is 11.2. The van der Waals surface area contributed by atoms with Crippen molar-refractivity contribution < 1.29 is 44.3 Å². The molecule has 0 aliphatic carbocycles. The summed E-state index contributed by atoms with van der Waals surface area (Å²) in [5, 5.41) is 10.4. The van der Waals surface area contributed by atoms with Crippen molar-refractivity contribution in [2.45, 2.75) is 19.9 Å². The van der Waals surface area contributed by atoms with E-state index in [9.17, 15) is 14.7 Å². The van der Waals surface area contributed by atoms with Crippen molar-refractivity contribution in [1.82, 2.24) is 4.90 Å². The van der Waals surface area contributed by atoms with Gasteiger partial charge in [0.25, 0.3) is 5.91 Å². The molecular weight excluding hydrogens is 193 g/mol. The van der Waals surface area contributed by atoms with E-state index in [0.717, 1.165) is 11.0 Å². The average molecular weight is 205 g/mol. The molecule has 0 fully saturated rings. The SMILES string of the molecule is C=CC(=O)N(C(=C)C(=O)[O-])C(C)C.[Na+]. The predicted molar refractivity (Wildman–Crippen MR) is 46.3 cm³/mol. The normalized spacial score (nSPS) is 8.79. The van der Waals surface area contributed by atoms with Crippen LogP contribution < -0.4 is 34.7 Å². The minimum absolute atomic E-state index is 0. The molecule has 0 aliphatic heterocycles. The van der Waals surface area contributed by atoms with Gasteiger partial charge in [-0.3, -0.25) is 4.79 Å². The fourth-order valence-electron chi connectivity index (χ4n) is 0.896. The fourth-order valence-corrected chi connectivity index (χ4v) is 0.896. The summed E-state index contributed by atoms with van der Waals surface area (Å²) in [4.78, 5) is 22.6. The van der Waals surface area contributed by atoms with Gasteiger partial charge in [-0.1, -0.05) is 13.2 Å². The van der Waals surface area contributed by atoms with E-state index < -0.39 is 11.9 Å². The number of carboxylic acids is 1. The molecule has 0 rings (SSSR count). The third-order valence-corrected chi connectivity index (χ3v) is 1.45. The zero-order valence-corrected chi connectivity index (χ0v) is 10.7. The van der Waals surface area contributed by atoms with Crippen LogP contribution in [0.4, 0.5) is 0 Å². The Kier molecular flexibility index (Phi) is 7.72. The summed E-state index contributed by atoms with van der Waals surface area (Å²) >= 11 is 0. The molecule has 0 saturated heterocycles. The summed E-state index contributed by atoms with van der Waals surface area (Å²) in [5.41, 5.74) is -0.347. The molecule has 0 N–H and O–H groups in total. The Morgan fingerprint density at radius 3 is 2.07 bits per heavy atom. The van der Waals surface area contributed by atoms with Crippen LogP contribution >= 0.6 is 0 Å². The summed E-state index contributed by atoms with van der Waals surface area (Å²) in [6.45, 7) is 9.85. The van der Waals surface area contributed by atoms with Crippen LogP contribution in [0, 0.1) is 0 Å². The second-order valence-corrected chi connectivity index (χ2v) is 2.74. The van der Waals surface area contributed by atoms with Crippen LogP contribution in [0.5, 0.6) is 0 Å². The second-order valence-electron chi connectivity index (χ2n) is 2.74. The van der Waals surface area contributed by atoms with Crippen molar-refractivity contribution in [3.8, 4) is 0 Å². The number of carboxylic acid groups (broad SMARTS) is 1. The molecule has 0 aromatic rings. The Morgan fingerprint density at radius 1 is 1.43 bits per heavy atom. The van der Waals surface area contributed by atoms with E-state index >= 15 is 0 Å². The Bertz CT molecular complexity index is 261. The first-order chi connectivity index (χ1) is 5.91. The number of carbonyl (C=O) groups is 2. The number of hydrogen-bond acceptors (Lipinski definition) is 3. The van der Waals surface area contributed by atoms with Gasteiger partial charge in [-0.05, 0) is 19.9 Å². The van der Waals surface area contributed by atoms with E-state index in [0.29, 0.717) is 0 Å². The van der Waals surface area contributed by atoms with Gasteiger partial charge >= 0.3 is 29.6 Å². The summed E-state index contributed by atoms with van der Waals surface area (Å²) in [6.07, 6.45) is 1.04. The van der Waals surface area contributed by atoms with Crippen molar-refractivity contribution in [1.29, 1.82) is 0 Å². The molecule has 0 aliphatic rings. The van der Waals surface area contributed by atoms with Gasteiger partial charge in [-0.25, -0.2) is 0 Å². The van der Waals surface area contributed by atoms with E-state index in [4.69, 9.17) is 0 Å². The number of rotatable bonds is 4. The Balaban J connectivity index is 0. The average Bonchev–Trinajstić information content (AvgIpc) is 2.03. The van der Waals surface area contributed by atoms with E-state index in [1.807, 2.05) is 0 Å². The molecule has 0 bridgehead atoms. The molecule has 5 heteroatoms. The van der Waals surface area contributed by atoms with Crippen molar-refractivity contribution in [3.05, 3.63) is 24.9 Å². The van der Waals surface area contributed by atoms with E-state index in [1.165, 1.54) is 0 Å². The largest absolute Gasteiger partial charge is 1.00 e. The molecule has 72 valence electrons. The maximum Gasteiger partial charge on any atom is 1.00 e. The first-order valence-corrected chi connectivity index (χ1v) is 3.77. The summed E-state index contributed by atoms with van der Waals surface area (Å²) < 4.78 is 0. The number of hydrogen-bond donors (Lipinski definition) is 0. The van der Waals surface area contributed by atoms with Crippen molar-refractivity contribution >= 4 is 11.9 Å². The zero-order chi connectivity index (χ0) is 10.6. The molecule has 0 aromatic heterocycles. The summed E-state index contributed by atoms with van der Waals surface area (Å²) in [7, 11) is 0. The minimum Gasteiger partial charge on any atom is -0.543 e. The van der Waals surface area contributed by atoms with Crippen LogP contribution in [-0.4, -0.2) is 22.8 Å². The van der Waals surface area contributed by atoms with E-state index in [1.54, 1.807) is 13.8 Å². The third kappa shape index (κ3) is 4.09. The molecule has 0 spiro atoms. The molecule has 4 nitrogen and oxygen atoms in total. The zero-order valence-electron chi connectivity index (χ0n) is 8.74. The van der Waals surface area contributed by atoms with Gasteiger partial charge in [0, 0.05) is 6.04 Å². The predicted octanol–water partition coefficient (Wildman–Crippen LogP) is -3.32. The second kappa shape index (κ2) is 6.81. The Hall–Kier alpha value is -0.580. The van der Waals surface area contributed by atoms with Crippen molar-refractivity contribution in [3.63, 3.8) is 0 Å². The van der Waals surface area contributed by atoms with Gasteiger partial charge < -0.3 is 14.8 Å². The first-order valence-electron chi connectivity index (χ1n) is 3.77. The topological polar surface area (TPSA) is 60.4 Å². The Labute approximate surface area is 106 Å². The fraction of sp³-hybridized carbons (Fsp3) is 0.333. The van der Waals surface area contributed by atoms with Crippen molar-refractivity contribution in [2.75, 3.05) is 0 Å². The van der Waals surface area contributed by atoms with Crippen LogP contribution in [0.1, 0.15) is 13.8 Å². The van der Waals surface area contributed by atoms with E-state index in [-0.39, 0.29) is 41.3 Å². The van der Waals surface area contributed by atoms with Gasteiger partial charge in [-0.2, -0.15) is 0 Å². The van der Waals surface area contributed by atoms with Gasteiger partial charge in [-0.15, -0.1) is 0 Å². The summed E-state index contributed by atoms with van der Waals surface area (Å²) in [6, 6.07) is -0.282. The standard InChI is InChI=1S/C9H13NO3.Na/c1-5-8(11)10(6(2)3)7(4)9(12)13;/h5-6H,1,4H2,2-3H3,(H,12,13);/q;+1/p-1. The molecule has 1 amide bonds. The van der Waals surface area contributed by atoms with Crippen LogP contribution in [0.25, 0.3) is 0 Å². The van der Waals surface area contributed by atoms with Crippen molar-refractivity contribution in [2.24, 2.45) is 0 Å². The molecule has 0 atom stereocenters. The van der Waals surface area contributed by atoms with Crippen LogP contribution in [0.3, 0.4) is 0 Å². The first kappa shape index (κ1) is 15.9. The molecule has 0 saturated carbocycles. The summed E-state index contributed by atoms with van der Waals surface area (Å²) in [5.74, 6) is -1.95. The number of aliphatic carboxylic acids is 1. The molecule has 0 heterocycles. The van der Waals surface area contributed by atoms with Gasteiger partial charge in [0.1, 0.15) is 0 Å². The molecule has 0 aromatic carbocycles. The molecular formula is C9H12NNaO3. The van der Waals surface area contributed by atoms with Gasteiger partial charge in [0.2, 0.25) is 0 Å². The number of carbonyl (C=O) groups excluding carboxylic acids is 2. The van der Waals surface area contributed by atoms with Gasteiger partial charge in [0.05, 0.1) is 11.7 Å². The van der Waals surface area contributed by atoms with Gasteiger partial charge in [0.15, 0.2) is 0 Å². The third-order valence-electron chi connectivity index (χ3n) is 1.45. The minimum atomic E-state index is -1.45. The van der Waals surface area contributed by atoms with E-state index in [2.05, 4.69) is 13.2 Å². The van der Waals surface area contributed by atoms with Crippen LogP contribution in [0.15, 0.2) is 24.9 Å². The molecule has 14 heavy (non-hydrogen) atoms.